The van der Waals surface area contributed by atoms with Crippen LogP contribution in [0.5, 0.6) is 0 Å². The van der Waals surface area contributed by atoms with Crippen molar-refractivity contribution in [2.75, 3.05) is 18.4 Å². The Morgan fingerprint density at radius 3 is 2.74 bits per heavy atom. The first-order chi connectivity index (χ1) is 13.2. The predicted octanol–water partition coefficient (Wildman–Crippen LogP) is 3.55. The van der Waals surface area contributed by atoms with E-state index in [1.807, 2.05) is 60.4 Å². The number of nitrogens with zero attached hydrogens (tertiary/aromatic N) is 4. The number of likely N-dealkylation sites (tertiary alicyclic amines) is 1. The molecule has 0 aliphatic carbocycles. The molecule has 0 saturated carbocycles. The van der Waals surface area contributed by atoms with Crippen molar-refractivity contribution in [3.05, 3.63) is 77.7 Å². The van der Waals surface area contributed by atoms with Gasteiger partial charge >= 0.3 is 0 Å². The number of rotatable bonds is 4. The highest BCUT2D eigenvalue weighted by molar-refractivity contribution is 5.94. The van der Waals surface area contributed by atoms with Gasteiger partial charge in [-0.15, -0.1) is 0 Å². The molecule has 1 aliphatic heterocycles. The van der Waals surface area contributed by atoms with Gasteiger partial charge in [0, 0.05) is 37.0 Å². The highest BCUT2D eigenvalue weighted by atomic mass is 16.2. The van der Waals surface area contributed by atoms with E-state index in [0.717, 1.165) is 29.8 Å². The molecule has 2 aromatic heterocycles. The van der Waals surface area contributed by atoms with Crippen LogP contribution in [0.15, 0.2) is 60.9 Å². The smallest absolute Gasteiger partial charge is 0.253 e. The zero-order valence-corrected chi connectivity index (χ0v) is 15.2. The Morgan fingerprint density at radius 1 is 1.11 bits per heavy atom. The summed E-state index contributed by atoms with van der Waals surface area (Å²) in [5.41, 5.74) is 2.78. The lowest BCUT2D eigenvalue weighted by molar-refractivity contribution is 0.0790. The summed E-state index contributed by atoms with van der Waals surface area (Å²) < 4.78 is 0. The van der Waals surface area contributed by atoms with Gasteiger partial charge in [-0.05, 0) is 43.2 Å². The second-order valence-electron chi connectivity index (χ2n) is 6.75. The van der Waals surface area contributed by atoms with E-state index in [4.69, 9.17) is 0 Å². The molecule has 1 N–H and O–H groups in total. The molecule has 1 aliphatic rings. The number of nitrogens with one attached hydrogen (secondary N) is 1. The highest BCUT2D eigenvalue weighted by Crippen LogP contribution is 2.27. The summed E-state index contributed by atoms with van der Waals surface area (Å²) in [6.45, 7) is 3.41. The van der Waals surface area contributed by atoms with Crippen molar-refractivity contribution in [1.82, 2.24) is 19.9 Å². The van der Waals surface area contributed by atoms with Crippen LogP contribution in [0.25, 0.3) is 0 Å². The lowest BCUT2D eigenvalue weighted by atomic mass is 10.1. The summed E-state index contributed by atoms with van der Waals surface area (Å²) in [5, 5.41) is 3.14. The second-order valence-corrected chi connectivity index (χ2v) is 6.75. The van der Waals surface area contributed by atoms with Crippen LogP contribution in [-0.2, 0) is 0 Å². The van der Waals surface area contributed by atoms with Gasteiger partial charge in [0.25, 0.3) is 5.91 Å². The van der Waals surface area contributed by atoms with Gasteiger partial charge < -0.3 is 10.2 Å². The molecule has 3 aromatic rings. The molecule has 0 unspecified atom stereocenters. The summed E-state index contributed by atoms with van der Waals surface area (Å²) >= 11 is 0. The Balaban J connectivity index is 1.45. The lowest BCUT2D eigenvalue weighted by Gasteiger charge is -2.16. The molecule has 1 fully saturated rings. The predicted molar refractivity (Wildman–Crippen MR) is 104 cm³/mol. The van der Waals surface area contributed by atoms with E-state index in [0.29, 0.717) is 18.3 Å². The lowest BCUT2D eigenvalue weighted by Crippen LogP contribution is -2.28. The standard InChI is InChI=1S/C21H21N5O/c1-15-7-8-19(23-13-15)25-21-22-11-9-18(24-21)17-10-12-26(14-17)20(27)16-5-3-2-4-6-16/h2-9,11,13,17H,10,12,14H2,1H3,(H,22,23,24,25)/t17-/m1/s1. The van der Waals surface area contributed by atoms with Gasteiger partial charge in [-0.2, -0.15) is 0 Å². The van der Waals surface area contributed by atoms with Crippen LogP contribution >= 0.6 is 0 Å². The SMILES string of the molecule is Cc1ccc(Nc2nccc([C@@H]3CCN(C(=O)c4ccccc4)C3)n2)nc1. The fourth-order valence-corrected chi connectivity index (χ4v) is 3.27. The Labute approximate surface area is 158 Å². The minimum Gasteiger partial charge on any atom is -0.338 e. The van der Waals surface area contributed by atoms with Gasteiger partial charge in [-0.25, -0.2) is 15.0 Å². The van der Waals surface area contributed by atoms with Gasteiger partial charge in [-0.3, -0.25) is 4.79 Å². The first-order valence-corrected chi connectivity index (χ1v) is 9.06. The topological polar surface area (TPSA) is 71.0 Å². The number of pyridine rings is 1. The van der Waals surface area contributed by atoms with E-state index in [-0.39, 0.29) is 11.8 Å². The first-order valence-electron chi connectivity index (χ1n) is 9.06. The Morgan fingerprint density at radius 2 is 1.96 bits per heavy atom. The molecular weight excluding hydrogens is 338 g/mol. The van der Waals surface area contributed by atoms with Gasteiger partial charge in [0.05, 0.1) is 5.69 Å². The first kappa shape index (κ1) is 17.1. The minimum atomic E-state index is 0.0781. The summed E-state index contributed by atoms with van der Waals surface area (Å²) in [7, 11) is 0. The molecule has 6 heteroatoms. The van der Waals surface area contributed by atoms with Crippen LogP contribution in [0.3, 0.4) is 0 Å². The zero-order valence-electron chi connectivity index (χ0n) is 15.2. The fourth-order valence-electron chi connectivity index (χ4n) is 3.27. The Kier molecular flexibility index (Phi) is 4.78. The molecule has 136 valence electrons. The van der Waals surface area contributed by atoms with Crippen molar-refractivity contribution in [3.8, 4) is 0 Å². The summed E-state index contributed by atoms with van der Waals surface area (Å²) in [6.07, 6.45) is 4.45. The van der Waals surface area contributed by atoms with Crippen molar-refractivity contribution in [1.29, 1.82) is 0 Å². The van der Waals surface area contributed by atoms with Gasteiger partial charge in [0.1, 0.15) is 5.82 Å². The molecule has 27 heavy (non-hydrogen) atoms. The molecular formula is C21H21N5O. The number of hydrogen-bond donors (Lipinski definition) is 1. The number of anilines is 2. The quantitative estimate of drug-likeness (QED) is 0.771. The number of amides is 1. The van der Waals surface area contributed by atoms with Gasteiger partial charge in [0.2, 0.25) is 5.95 Å². The van der Waals surface area contributed by atoms with Crippen molar-refractivity contribution in [2.24, 2.45) is 0 Å². The maximum atomic E-state index is 12.6. The molecule has 1 amide bonds. The van der Waals surface area contributed by atoms with Crippen LogP contribution in [0.2, 0.25) is 0 Å². The average Bonchev–Trinajstić information content (AvgIpc) is 3.20. The van der Waals surface area contributed by atoms with Crippen molar-refractivity contribution in [2.45, 2.75) is 19.3 Å². The van der Waals surface area contributed by atoms with Crippen LogP contribution in [0.4, 0.5) is 11.8 Å². The van der Waals surface area contributed by atoms with Crippen LogP contribution in [-0.4, -0.2) is 38.8 Å². The number of benzene rings is 1. The molecule has 0 spiro atoms. The summed E-state index contributed by atoms with van der Waals surface area (Å²) in [4.78, 5) is 27.8. The van der Waals surface area contributed by atoms with Crippen molar-refractivity contribution < 1.29 is 4.79 Å². The van der Waals surface area contributed by atoms with Gasteiger partial charge in [0.15, 0.2) is 0 Å². The van der Waals surface area contributed by atoms with E-state index in [2.05, 4.69) is 20.3 Å². The summed E-state index contributed by atoms with van der Waals surface area (Å²) in [6, 6.07) is 15.2. The molecule has 0 bridgehead atoms. The maximum Gasteiger partial charge on any atom is 0.253 e. The third kappa shape index (κ3) is 3.95. The molecule has 6 nitrogen and oxygen atoms in total. The Bertz CT molecular complexity index is 927. The van der Waals surface area contributed by atoms with E-state index in [1.54, 1.807) is 12.4 Å². The molecule has 3 heterocycles. The number of aromatic nitrogens is 3. The second kappa shape index (κ2) is 7.53. The number of hydrogen-bond acceptors (Lipinski definition) is 5. The third-order valence-corrected chi connectivity index (χ3v) is 4.74. The molecule has 1 saturated heterocycles. The zero-order chi connectivity index (χ0) is 18.6. The largest absolute Gasteiger partial charge is 0.338 e. The van der Waals surface area contributed by atoms with E-state index >= 15 is 0 Å². The molecule has 0 radical (unpaired) electrons. The average molecular weight is 359 g/mol. The van der Waals surface area contributed by atoms with Crippen molar-refractivity contribution >= 4 is 17.7 Å². The van der Waals surface area contributed by atoms with E-state index in [9.17, 15) is 4.79 Å². The summed E-state index contributed by atoms with van der Waals surface area (Å²) in [5.74, 6) is 1.53. The monoisotopic (exact) mass is 359 g/mol. The molecule has 4 rings (SSSR count). The third-order valence-electron chi connectivity index (χ3n) is 4.74. The van der Waals surface area contributed by atoms with E-state index in [1.165, 1.54) is 0 Å². The fraction of sp³-hybridized carbons (Fsp3) is 0.238. The van der Waals surface area contributed by atoms with Crippen molar-refractivity contribution in [3.63, 3.8) is 0 Å². The minimum absolute atomic E-state index is 0.0781. The van der Waals surface area contributed by atoms with E-state index < -0.39 is 0 Å². The maximum absolute atomic E-state index is 12.6. The molecule has 1 aromatic carbocycles. The Hall–Kier alpha value is -3.28. The number of carbonyl (C=O) groups excluding carboxylic acids is 1. The number of carbonyl (C=O) groups is 1. The van der Waals surface area contributed by atoms with Crippen LogP contribution < -0.4 is 5.32 Å². The highest BCUT2D eigenvalue weighted by Gasteiger charge is 2.29. The number of aryl methyl sites for hydroxylation is 1. The molecule has 1 atom stereocenters. The van der Waals surface area contributed by atoms with Gasteiger partial charge in [-0.1, -0.05) is 24.3 Å². The normalized spacial score (nSPS) is 16.3. The van der Waals surface area contributed by atoms with Crippen LogP contribution in [0, 0.1) is 6.92 Å². The van der Waals surface area contributed by atoms with Crippen LogP contribution in [0.1, 0.15) is 34.0 Å².